The summed E-state index contributed by atoms with van der Waals surface area (Å²) < 4.78 is 0. The van der Waals surface area contributed by atoms with Crippen molar-refractivity contribution in [2.75, 3.05) is 14.2 Å². The molecule has 0 fully saturated rings. The Labute approximate surface area is 89.9 Å². The van der Waals surface area contributed by atoms with Gasteiger partial charge in [-0.2, -0.15) is 0 Å². The number of nitrogens with zero attached hydrogens (tertiary/aromatic N) is 1. The van der Waals surface area contributed by atoms with Gasteiger partial charge in [0.15, 0.2) is 0 Å². The van der Waals surface area contributed by atoms with Crippen LogP contribution in [0.3, 0.4) is 0 Å². The molecule has 0 aromatic heterocycles. The van der Waals surface area contributed by atoms with E-state index in [1.165, 1.54) is 12.2 Å². The molecule has 0 unspecified atom stereocenters. The number of hydroxylamine groups is 2. The van der Waals surface area contributed by atoms with E-state index >= 15 is 0 Å². The lowest BCUT2D eigenvalue weighted by molar-refractivity contribution is -0.162. The van der Waals surface area contributed by atoms with E-state index in [9.17, 15) is 4.79 Å². The third-order valence-corrected chi connectivity index (χ3v) is 2.15. The number of likely N-dealkylation sites (N-methyl/N-ethyl adjacent to an activating group) is 1. The second-order valence-corrected chi connectivity index (χ2v) is 3.21. The molecule has 3 nitrogen and oxygen atoms in total. The fourth-order valence-corrected chi connectivity index (χ4v) is 1.15. The molecule has 0 aliphatic carbocycles. The van der Waals surface area contributed by atoms with Gasteiger partial charge in [-0.05, 0) is 18.1 Å². The van der Waals surface area contributed by atoms with Crippen LogP contribution in [0.5, 0.6) is 0 Å². The first-order chi connectivity index (χ1) is 7.15. The van der Waals surface area contributed by atoms with Gasteiger partial charge in [0, 0.05) is 13.1 Å². The molecule has 3 heteroatoms. The molecule has 80 valence electrons. The molecule has 0 atom stereocenters. The Morgan fingerprint density at radius 3 is 2.47 bits per heavy atom. The molecule has 0 heterocycles. The van der Waals surface area contributed by atoms with Crippen LogP contribution in [0.25, 0.3) is 5.57 Å². The maximum Gasteiger partial charge on any atom is 0.270 e. The van der Waals surface area contributed by atoms with Gasteiger partial charge in [0.1, 0.15) is 0 Å². The molecular weight excluding hydrogens is 190 g/mol. The van der Waals surface area contributed by atoms with Crippen molar-refractivity contribution in [3.63, 3.8) is 0 Å². The van der Waals surface area contributed by atoms with Crippen molar-refractivity contribution in [3.8, 4) is 0 Å². The van der Waals surface area contributed by atoms with Gasteiger partial charge in [-0.3, -0.25) is 9.63 Å². The molecule has 0 spiro atoms. The van der Waals surface area contributed by atoms with Crippen molar-refractivity contribution < 1.29 is 9.63 Å². The van der Waals surface area contributed by atoms with Crippen LogP contribution in [0.4, 0.5) is 0 Å². The second-order valence-electron chi connectivity index (χ2n) is 3.21. The monoisotopic (exact) mass is 205 g/mol. The molecule has 0 bridgehead atoms. The largest absolute Gasteiger partial charge is 0.274 e. The van der Waals surface area contributed by atoms with Crippen LogP contribution in [0.1, 0.15) is 12.5 Å². The zero-order chi connectivity index (χ0) is 11.3. The zero-order valence-corrected chi connectivity index (χ0v) is 9.23. The summed E-state index contributed by atoms with van der Waals surface area (Å²) in [5.41, 5.74) is 1.96. The van der Waals surface area contributed by atoms with Gasteiger partial charge in [0.25, 0.3) is 5.91 Å². The quantitative estimate of drug-likeness (QED) is 0.558. The summed E-state index contributed by atoms with van der Waals surface area (Å²) in [6.45, 7) is 1.90. The maximum atomic E-state index is 11.5. The number of carbonyl (C=O) groups is 1. The second kappa shape index (κ2) is 5.32. The fourth-order valence-electron chi connectivity index (χ4n) is 1.15. The zero-order valence-electron chi connectivity index (χ0n) is 9.23. The Kier molecular flexibility index (Phi) is 4.06. The van der Waals surface area contributed by atoms with Crippen LogP contribution in [-0.2, 0) is 9.63 Å². The predicted octanol–water partition coefficient (Wildman–Crippen LogP) is 2.11. The third-order valence-electron chi connectivity index (χ3n) is 2.15. The summed E-state index contributed by atoms with van der Waals surface area (Å²) in [4.78, 5) is 16.3. The molecule has 1 rings (SSSR count). The number of hydrogen-bond donors (Lipinski definition) is 0. The lowest BCUT2D eigenvalue weighted by Crippen LogP contribution is -2.23. The van der Waals surface area contributed by atoms with Crippen molar-refractivity contribution in [1.29, 1.82) is 0 Å². The van der Waals surface area contributed by atoms with Crippen molar-refractivity contribution in [3.05, 3.63) is 42.0 Å². The molecular formula is C12H15NO2. The number of allylic oxidation sites excluding steroid dienone is 1. The first-order valence-electron chi connectivity index (χ1n) is 4.70. The van der Waals surface area contributed by atoms with E-state index in [1.54, 1.807) is 13.1 Å². The number of carbonyl (C=O) groups excluding carboxylic acids is 1. The first kappa shape index (κ1) is 11.5. The highest BCUT2D eigenvalue weighted by Gasteiger charge is 2.04. The first-order valence-corrected chi connectivity index (χ1v) is 4.70. The SMILES string of the molecule is CON(C)C(=O)/C=C(/C)c1ccccc1. The van der Waals surface area contributed by atoms with Gasteiger partial charge in [-0.25, -0.2) is 5.06 Å². The molecule has 1 amide bonds. The van der Waals surface area contributed by atoms with Crippen LogP contribution >= 0.6 is 0 Å². The normalized spacial score (nSPS) is 11.3. The molecule has 0 saturated heterocycles. The molecule has 15 heavy (non-hydrogen) atoms. The molecule has 0 saturated carbocycles. The summed E-state index contributed by atoms with van der Waals surface area (Å²) >= 11 is 0. The van der Waals surface area contributed by atoms with Gasteiger partial charge in [-0.15, -0.1) is 0 Å². The van der Waals surface area contributed by atoms with Gasteiger partial charge >= 0.3 is 0 Å². The minimum absolute atomic E-state index is 0.168. The number of hydrogen-bond acceptors (Lipinski definition) is 2. The van der Waals surface area contributed by atoms with E-state index in [0.29, 0.717) is 0 Å². The van der Waals surface area contributed by atoms with Crippen LogP contribution in [-0.4, -0.2) is 25.1 Å². The fraction of sp³-hybridized carbons (Fsp3) is 0.250. The Morgan fingerprint density at radius 2 is 1.93 bits per heavy atom. The van der Waals surface area contributed by atoms with Crippen molar-refractivity contribution in [2.45, 2.75) is 6.92 Å². The molecule has 1 aromatic rings. The average molecular weight is 205 g/mol. The summed E-state index contributed by atoms with van der Waals surface area (Å²) in [5, 5.41) is 1.19. The summed E-state index contributed by atoms with van der Waals surface area (Å²) in [5.74, 6) is -0.168. The predicted molar refractivity (Wildman–Crippen MR) is 59.9 cm³/mol. The molecule has 1 aromatic carbocycles. The number of benzene rings is 1. The van der Waals surface area contributed by atoms with Crippen LogP contribution in [0.2, 0.25) is 0 Å². The van der Waals surface area contributed by atoms with Crippen molar-refractivity contribution in [1.82, 2.24) is 5.06 Å². The minimum atomic E-state index is -0.168. The lowest BCUT2D eigenvalue weighted by Gasteiger charge is -2.11. The summed E-state index contributed by atoms with van der Waals surface area (Å²) in [6, 6.07) is 9.76. The van der Waals surface area contributed by atoms with Crippen LogP contribution in [0, 0.1) is 0 Å². The highest BCUT2D eigenvalue weighted by Crippen LogP contribution is 2.12. The molecule has 0 aliphatic rings. The van der Waals surface area contributed by atoms with Crippen LogP contribution < -0.4 is 0 Å². The third kappa shape index (κ3) is 3.22. The highest BCUT2D eigenvalue weighted by atomic mass is 16.7. The number of rotatable bonds is 3. The standard InChI is InChI=1S/C12H15NO2/c1-10(9-12(14)13(2)15-3)11-7-5-4-6-8-11/h4-9H,1-3H3/b10-9-. The maximum absolute atomic E-state index is 11.5. The number of amides is 1. The Morgan fingerprint density at radius 1 is 1.33 bits per heavy atom. The molecule has 0 N–H and O–H groups in total. The Balaban J connectivity index is 2.81. The highest BCUT2D eigenvalue weighted by molar-refractivity contribution is 5.94. The molecule has 0 radical (unpaired) electrons. The Hall–Kier alpha value is -1.61. The smallest absolute Gasteiger partial charge is 0.270 e. The van der Waals surface area contributed by atoms with Gasteiger partial charge in [0.2, 0.25) is 0 Å². The van der Waals surface area contributed by atoms with E-state index in [2.05, 4.69) is 0 Å². The van der Waals surface area contributed by atoms with Gasteiger partial charge in [-0.1, -0.05) is 30.3 Å². The van der Waals surface area contributed by atoms with Gasteiger partial charge < -0.3 is 0 Å². The van der Waals surface area contributed by atoms with Crippen molar-refractivity contribution in [2.24, 2.45) is 0 Å². The van der Waals surface area contributed by atoms with E-state index in [4.69, 9.17) is 4.84 Å². The molecule has 0 aliphatic heterocycles. The van der Waals surface area contributed by atoms with E-state index in [1.807, 2.05) is 37.3 Å². The van der Waals surface area contributed by atoms with Crippen molar-refractivity contribution >= 4 is 11.5 Å². The average Bonchev–Trinajstić information content (AvgIpc) is 2.29. The van der Waals surface area contributed by atoms with E-state index in [0.717, 1.165) is 11.1 Å². The van der Waals surface area contributed by atoms with E-state index < -0.39 is 0 Å². The Bertz CT molecular complexity index is 357. The minimum Gasteiger partial charge on any atom is -0.274 e. The van der Waals surface area contributed by atoms with Gasteiger partial charge in [0.05, 0.1) is 7.11 Å². The van der Waals surface area contributed by atoms with E-state index in [-0.39, 0.29) is 5.91 Å². The van der Waals surface area contributed by atoms with Crippen LogP contribution in [0.15, 0.2) is 36.4 Å². The lowest BCUT2D eigenvalue weighted by atomic mass is 10.1. The topological polar surface area (TPSA) is 29.5 Å². The summed E-state index contributed by atoms with van der Waals surface area (Å²) in [6.07, 6.45) is 1.55. The summed E-state index contributed by atoms with van der Waals surface area (Å²) in [7, 11) is 3.04.